The van der Waals surface area contributed by atoms with Crippen LogP contribution in [-0.2, 0) is 4.79 Å². The SMILES string of the molecule is CCOc1ccccc1NC(=O)CSc1nccn1-c1ccc(C)cc1C. The monoisotopic (exact) mass is 381 g/mol. The van der Waals surface area contributed by atoms with E-state index in [9.17, 15) is 4.79 Å². The molecule has 1 N–H and O–H groups in total. The summed E-state index contributed by atoms with van der Waals surface area (Å²) in [5.41, 5.74) is 4.15. The Morgan fingerprint density at radius 1 is 1.22 bits per heavy atom. The number of carbonyl (C=O) groups excluding carboxylic acids is 1. The van der Waals surface area contributed by atoms with E-state index < -0.39 is 0 Å². The molecule has 1 heterocycles. The number of amides is 1. The van der Waals surface area contributed by atoms with Gasteiger partial charge in [-0.15, -0.1) is 0 Å². The van der Waals surface area contributed by atoms with E-state index in [2.05, 4.69) is 42.3 Å². The molecular formula is C21H23N3O2S. The van der Waals surface area contributed by atoms with Gasteiger partial charge < -0.3 is 10.1 Å². The van der Waals surface area contributed by atoms with Crippen LogP contribution in [-0.4, -0.2) is 27.8 Å². The largest absolute Gasteiger partial charge is 0.492 e. The topological polar surface area (TPSA) is 56.1 Å². The lowest BCUT2D eigenvalue weighted by molar-refractivity contribution is -0.113. The van der Waals surface area contributed by atoms with Crippen molar-refractivity contribution in [2.75, 3.05) is 17.7 Å². The summed E-state index contributed by atoms with van der Waals surface area (Å²) < 4.78 is 7.56. The summed E-state index contributed by atoms with van der Waals surface area (Å²) in [6, 6.07) is 13.7. The van der Waals surface area contributed by atoms with Crippen LogP contribution in [0.2, 0.25) is 0 Å². The minimum Gasteiger partial charge on any atom is -0.492 e. The second-order valence-corrected chi connectivity index (χ2v) is 7.08. The number of aromatic nitrogens is 2. The van der Waals surface area contributed by atoms with E-state index in [1.165, 1.54) is 22.9 Å². The number of nitrogens with zero attached hydrogens (tertiary/aromatic N) is 2. The molecule has 3 rings (SSSR count). The highest BCUT2D eigenvalue weighted by molar-refractivity contribution is 7.99. The molecule has 0 aliphatic heterocycles. The molecule has 0 aliphatic rings. The summed E-state index contributed by atoms with van der Waals surface area (Å²) in [7, 11) is 0. The van der Waals surface area contributed by atoms with Crippen LogP contribution in [0.5, 0.6) is 5.75 Å². The number of rotatable bonds is 7. The van der Waals surface area contributed by atoms with Gasteiger partial charge in [-0.05, 0) is 44.5 Å². The number of ether oxygens (including phenoxy) is 1. The lowest BCUT2D eigenvalue weighted by Gasteiger charge is -2.12. The zero-order valence-corrected chi connectivity index (χ0v) is 16.5. The molecule has 0 saturated heterocycles. The van der Waals surface area contributed by atoms with Crippen molar-refractivity contribution in [2.45, 2.75) is 25.9 Å². The number of thioether (sulfide) groups is 1. The van der Waals surface area contributed by atoms with Gasteiger partial charge in [-0.3, -0.25) is 9.36 Å². The molecule has 0 fully saturated rings. The summed E-state index contributed by atoms with van der Waals surface area (Å²) in [6.07, 6.45) is 3.67. The van der Waals surface area contributed by atoms with E-state index in [4.69, 9.17) is 4.74 Å². The first-order chi connectivity index (χ1) is 13.1. The third-order valence-electron chi connectivity index (χ3n) is 4.01. The highest BCUT2D eigenvalue weighted by Gasteiger charge is 2.12. The third kappa shape index (κ3) is 4.71. The van der Waals surface area contributed by atoms with Crippen molar-refractivity contribution in [2.24, 2.45) is 0 Å². The highest BCUT2D eigenvalue weighted by atomic mass is 32.2. The van der Waals surface area contributed by atoms with Crippen LogP contribution >= 0.6 is 11.8 Å². The fourth-order valence-electron chi connectivity index (χ4n) is 2.82. The number of hydrogen-bond donors (Lipinski definition) is 1. The second kappa shape index (κ2) is 8.77. The van der Waals surface area contributed by atoms with Crippen molar-refractivity contribution < 1.29 is 9.53 Å². The second-order valence-electron chi connectivity index (χ2n) is 6.14. The Morgan fingerprint density at radius 2 is 2.04 bits per heavy atom. The summed E-state index contributed by atoms with van der Waals surface area (Å²) >= 11 is 1.41. The van der Waals surface area contributed by atoms with Crippen molar-refractivity contribution >= 4 is 23.4 Å². The van der Waals surface area contributed by atoms with Gasteiger partial charge in [0.2, 0.25) is 5.91 Å². The fourth-order valence-corrected chi connectivity index (χ4v) is 3.59. The number of aryl methyl sites for hydroxylation is 2. The molecule has 6 heteroatoms. The first-order valence-corrected chi connectivity index (χ1v) is 9.82. The van der Waals surface area contributed by atoms with Crippen molar-refractivity contribution in [1.29, 1.82) is 0 Å². The number of para-hydroxylation sites is 2. The Morgan fingerprint density at radius 3 is 2.81 bits per heavy atom. The Kier molecular flexibility index (Phi) is 6.19. The molecule has 0 bridgehead atoms. The lowest BCUT2D eigenvalue weighted by Crippen LogP contribution is -2.15. The number of benzene rings is 2. The normalized spacial score (nSPS) is 10.6. The van der Waals surface area contributed by atoms with E-state index in [0.717, 1.165) is 10.8 Å². The standard InChI is InChI=1S/C21H23N3O2S/c1-4-26-19-8-6-5-7-17(19)23-20(25)14-27-21-22-11-12-24(21)18-10-9-15(2)13-16(18)3/h5-13H,4,14H2,1-3H3,(H,23,25). The van der Waals surface area contributed by atoms with E-state index >= 15 is 0 Å². The lowest BCUT2D eigenvalue weighted by atomic mass is 10.1. The van der Waals surface area contributed by atoms with Crippen molar-refractivity contribution in [3.05, 3.63) is 66.0 Å². The summed E-state index contributed by atoms with van der Waals surface area (Å²) in [6.45, 7) is 6.62. The first-order valence-electron chi connectivity index (χ1n) is 8.84. The number of anilines is 1. The maximum atomic E-state index is 12.4. The molecule has 0 aliphatic carbocycles. The zero-order valence-electron chi connectivity index (χ0n) is 15.7. The van der Waals surface area contributed by atoms with Crippen LogP contribution in [0.15, 0.2) is 60.0 Å². The average molecular weight is 382 g/mol. The molecule has 0 spiro atoms. The van der Waals surface area contributed by atoms with Gasteiger partial charge >= 0.3 is 0 Å². The van der Waals surface area contributed by atoms with Crippen LogP contribution in [0.4, 0.5) is 5.69 Å². The Balaban J connectivity index is 1.68. The Bertz CT molecular complexity index is 937. The summed E-state index contributed by atoms with van der Waals surface area (Å²) in [4.78, 5) is 16.8. The van der Waals surface area contributed by atoms with Crippen molar-refractivity contribution in [3.63, 3.8) is 0 Å². The highest BCUT2D eigenvalue weighted by Crippen LogP contribution is 2.26. The molecule has 1 amide bonds. The minimum absolute atomic E-state index is 0.0951. The van der Waals surface area contributed by atoms with E-state index in [1.807, 2.05) is 42.0 Å². The van der Waals surface area contributed by atoms with Crippen molar-refractivity contribution in [3.8, 4) is 11.4 Å². The molecule has 2 aromatic carbocycles. The minimum atomic E-state index is -0.0951. The third-order valence-corrected chi connectivity index (χ3v) is 4.98. The average Bonchev–Trinajstić information content (AvgIpc) is 3.10. The van der Waals surface area contributed by atoms with Gasteiger partial charge in [-0.2, -0.15) is 0 Å². The van der Waals surface area contributed by atoms with Crippen LogP contribution in [0.3, 0.4) is 0 Å². The zero-order chi connectivity index (χ0) is 19.2. The van der Waals surface area contributed by atoms with Gasteiger partial charge in [0.15, 0.2) is 5.16 Å². The molecule has 0 atom stereocenters. The van der Waals surface area contributed by atoms with Crippen molar-refractivity contribution in [1.82, 2.24) is 9.55 Å². The molecular weight excluding hydrogens is 358 g/mol. The van der Waals surface area contributed by atoms with Gasteiger partial charge in [0.25, 0.3) is 0 Å². The van der Waals surface area contributed by atoms with Gasteiger partial charge in [0.05, 0.1) is 23.7 Å². The molecule has 140 valence electrons. The molecule has 0 radical (unpaired) electrons. The van der Waals surface area contributed by atoms with Crippen LogP contribution in [0, 0.1) is 13.8 Å². The molecule has 27 heavy (non-hydrogen) atoms. The molecule has 1 aromatic heterocycles. The predicted molar refractivity (Wildman–Crippen MR) is 110 cm³/mol. The molecule has 0 saturated carbocycles. The molecule has 5 nitrogen and oxygen atoms in total. The summed E-state index contributed by atoms with van der Waals surface area (Å²) in [5, 5.41) is 3.70. The maximum absolute atomic E-state index is 12.4. The Labute approximate surface area is 163 Å². The molecule has 0 unspecified atom stereocenters. The van der Waals surface area contributed by atoms with E-state index in [0.29, 0.717) is 18.0 Å². The van der Waals surface area contributed by atoms with Crippen LogP contribution in [0.25, 0.3) is 5.69 Å². The maximum Gasteiger partial charge on any atom is 0.234 e. The number of hydrogen-bond acceptors (Lipinski definition) is 4. The van der Waals surface area contributed by atoms with Gasteiger partial charge in [0, 0.05) is 12.4 Å². The van der Waals surface area contributed by atoms with Gasteiger partial charge in [-0.25, -0.2) is 4.98 Å². The van der Waals surface area contributed by atoms with Gasteiger partial charge in [0.1, 0.15) is 5.75 Å². The van der Waals surface area contributed by atoms with Crippen LogP contribution < -0.4 is 10.1 Å². The fraction of sp³-hybridized carbons (Fsp3) is 0.238. The smallest absolute Gasteiger partial charge is 0.234 e. The number of carbonyl (C=O) groups is 1. The number of imidazole rings is 1. The van der Waals surface area contributed by atoms with Crippen LogP contribution in [0.1, 0.15) is 18.1 Å². The predicted octanol–water partition coefficient (Wildman–Crippen LogP) is 4.62. The molecule has 3 aromatic rings. The first kappa shape index (κ1) is 19.0. The Hall–Kier alpha value is -2.73. The summed E-state index contributed by atoms with van der Waals surface area (Å²) in [5.74, 6) is 0.847. The number of nitrogens with one attached hydrogen (secondary N) is 1. The van der Waals surface area contributed by atoms with E-state index in [-0.39, 0.29) is 11.7 Å². The van der Waals surface area contributed by atoms with E-state index in [1.54, 1.807) is 6.20 Å². The van der Waals surface area contributed by atoms with Gasteiger partial charge in [-0.1, -0.05) is 41.6 Å². The quantitative estimate of drug-likeness (QED) is 0.607.